The van der Waals surface area contributed by atoms with Crippen molar-refractivity contribution in [2.45, 2.75) is 18.8 Å². The quantitative estimate of drug-likeness (QED) is 0.708. The lowest BCUT2D eigenvalue weighted by Crippen LogP contribution is -2.38. The standard InChI is InChI=1S/C21H20N2O/c24-21(19-10-13-22-20-9-5-4-8-18(19)20)23-14-11-17(12-15-23)16-6-2-1-3-7-16/h1-10,13,17H,11-12,14-15H2. The normalized spacial score (nSPS) is 15.6. The lowest BCUT2D eigenvalue weighted by atomic mass is 9.89. The molecule has 1 amide bonds. The van der Waals surface area contributed by atoms with Gasteiger partial charge in [0.25, 0.3) is 5.91 Å². The van der Waals surface area contributed by atoms with Crippen molar-refractivity contribution in [1.29, 1.82) is 0 Å². The number of likely N-dealkylation sites (tertiary alicyclic amines) is 1. The zero-order valence-electron chi connectivity index (χ0n) is 13.6. The predicted octanol–water partition coefficient (Wildman–Crippen LogP) is 4.25. The maximum atomic E-state index is 13.0. The minimum atomic E-state index is 0.125. The highest BCUT2D eigenvalue weighted by Gasteiger charge is 2.25. The molecule has 1 fully saturated rings. The Bertz CT molecular complexity index is 847. The van der Waals surface area contributed by atoms with E-state index in [0.29, 0.717) is 5.92 Å². The number of carbonyl (C=O) groups is 1. The van der Waals surface area contributed by atoms with Crippen molar-refractivity contribution in [3.05, 3.63) is 78.0 Å². The number of fused-ring (bicyclic) bond motifs is 1. The fourth-order valence-corrected chi connectivity index (χ4v) is 3.59. The van der Waals surface area contributed by atoms with Crippen LogP contribution < -0.4 is 0 Å². The third-order valence-corrected chi connectivity index (χ3v) is 4.93. The van der Waals surface area contributed by atoms with Crippen molar-refractivity contribution in [2.24, 2.45) is 0 Å². The molecule has 4 rings (SSSR count). The first kappa shape index (κ1) is 14.9. The number of pyridine rings is 1. The second kappa shape index (κ2) is 6.44. The summed E-state index contributed by atoms with van der Waals surface area (Å²) >= 11 is 0. The van der Waals surface area contributed by atoms with Crippen molar-refractivity contribution in [3.63, 3.8) is 0 Å². The summed E-state index contributed by atoms with van der Waals surface area (Å²) in [7, 11) is 0. The van der Waals surface area contributed by atoms with E-state index in [1.807, 2.05) is 35.2 Å². The van der Waals surface area contributed by atoms with E-state index >= 15 is 0 Å². The van der Waals surface area contributed by atoms with Gasteiger partial charge in [-0.2, -0.15) is 0 Å². The average Bonchev–Trinajstić information content (AvgIpc) is 2.68. The van der Waals surface area contributed by atoms with Crippen LogP contribution in [-0.4, -0.2) is 28.9 Å². The molecule has 1 saturated heterocycles. The van der Waals surface area contributed by atoms with Gasteiger partial charge in [0.15, 0.2) is 0 Å². The highest BCUT2D eigenvalue weighted by molar-refractivity contribution is 6.05. The predicted molar refractivity (Wildman–Crippen MR) is 96.1 cm³/mol. The van der Waals surface area contributed by atoms with Crippen molar-refractivity contribution >= 4 is 16.8 Å². The Kier molecular flexibility index (Phi) is 3.99. The molecule has 0 aliphatic carbocycles. The van der Waals surface area contributed by atoms with E-state index in [4.69, 9.17) is 0 Å². The number of nitrogens with zero attached hydrogens (tertiary/aromatic N) is 2. The van der Waals surface area contributed by atoms with Gasteiger partial charge >= 0.3 is 0 Å². The van der Waals surface area contributed by atoms with E-state index in [9.17, 15) is 4.79 Å². The highest BCUT2D eigenvalue weighted by Crippen LogP contribution is 2.29. The monoisotopic (exact) mass is 316 g/mol. The molecule has 0 atom stereocenters. The van der Waals surface area contributed by atoms with Crippen LogP contribution in [0.3, 0.4) is 0 Å². The smallest absolute Gasteiger partial charge is 0.254 e. The Balaban J connectivity index is 1.52. The zero-order valence-corrected chi connectivity index (χ0v) is 13.6. The Morgan fingerprint density at radius 2 is 1.62 bits per heavy atom. The number of benzene rings is 2. The number of rotatable bonds is 2. The average molecular weight is 316 g/mol. The highest BCUT2D eigenvalue weighted by atomic mass is 16.2. The molecule has 0 spiro atoms. The van der Waals surface area contributed by atoms with Gasteiger partial charge in [0.2, 0.25) is 0 Å². The Labute approximate surface area is 141 Å². The van der Waals surface area contributed by atoms with Crippen LogP contribution in [-0.2, 0) is 0 Å². The molecular weight excluding hydrogens is 296 g/mol. The van der Waals surface area contributed by atoms with Crippen LogP contribution in [0.1, 0.15) is 34.7 Å². The van der Waals surface area contributed by atoms with E-state index in [-0.39, 0.29) is 5.91 Å². The van der Waals surface area contributed by atoms with Crippen LogP contribution in [0.25, 0.3) is 10.9 Å². The van der Waals surface area contributed by atoms with Gasteiger partial charge in [-0.1, -0.05) is 48.5 Å². The van der Waals surface area contributed by atoms with Crippen LogP contribution in [0.15, 0.2) is 66.9 Å². The summed E-state index contributed by atoms with van der Waals surface area (Å²) in [4.78, 5) is 19.3. The zero-order chi connectivity index (χ0) is 16.4. The molecule has 0 saturated carbocycles. The minimum Gasteiger partial charge on any atom is -0.339 e. The van der Waals surface area contributed by atoms with Gasteiger partial charge in [-0.15, -0.1) is 0 Å². The van der Waals surface area contributed by atoms with Gasteiger partial charge in [0.1, 0.15) is 0 Å². The lowest BCUT2D eigenvalue weighted by molar-refractivity contribution is 0.0715. The number of hydrogen-bond acceptors (Lipinski definition) is 2. The first-order valence-corrected chi connectivity index (χ1v) is 8.51. The summed E-state index contributed by atoms with van der Waals surface area (Å²) in [6.07, 6.45) is 3.78. The summed E-state index contributed by atoms with van der Waals surface area (Å²) < 4.78 is 0. The molecular formula is C21H20N2O. The molecule has 24 heavy (non-hydrogen) atoms. The number of hydrogen-bond donors (Lipinski definition) is 0. The number of para-hydroxylation sites is 1. The van der Waals surface area contributed by atoms with Gasteiger partial charge in [0.05, 0.1) is 11.1 Å². The molecule has 2 aromatic carbocycles. The second-order valence-corrected chi connectivity index (χ2v) is 6.35. The third kappa shape index (κ3) is 2.78. The first-order valence-electron chi connectivity index (χ1n) is 8.51. The maximum Gasteiger partial charge on any atom is 0.254 e. The number of carbonyl (C=O) groups excluding carboxylic acids is 1. The van der Waals surface area contributed by atoms with Gasteiger partial charge in [-0.25, -0.2) is 0 Å². The molecule has 3 heteroatoms. The Morgan fingerprint density at radius 3 is 2.42 bits per heavy atom. The molecule has 1 aliphatic rings. The minimum absolute atomic E-state index is 0.125. The SMILES string of the molecule is O=C(c1ccnc2ccccc12)N1CCC(c2ccccc2)CC1. The van der Waals surface area contributed by atoms with Crippen molar-refractivity contribution < 1.29 is 4.79 Å². The van der Waals surface area contributed by atoms with Gasteiger partial charge in [0, 0.05) is 24.7 Å². The van der Waals surface area contributed by atoms with Crippen LogP contribution in [0.4, 0.5) is 0 Å². The Morgan fingerprint density at radius 1 is 0.917 bits per heavy atom. The molecule has 0 bridgehead atoms. The van der Waals surface area contributed by atoms with Crippen molar-refractivity contribution in [2.75, 3.05) is 13.1 Å². The molecule has 3 nitrogen and oxygen atoms in total. The molecule has 1 aliphatic heterocycles. The summed E-state index contributed by atoms with van der Waals surface area (Å²) in [5.41, 5.74) is 3.03. The van der Waals surface area contributed by atoms with Gasteiger partial charge < -0.3 is 4.90 Å². The first-order chi connectivity index (χ1) is 11.8. The fraction of sp³-hybridized carbons (Fsp3) is 0.238. The largest absolute Gasteiger partial charge is 0.339 e. The van der Waals surface area contributed by atoms with Crippen LogP contribution in [0.2, 0.25) is 0 Å². The van der Waals surface area contributed by atoms with Crippen molar-refractivity contribution in [3.8, 4) is 0 Å². The second-order valence-electron chi connectivity index (χ2n) is 6.35. The van der Waals surface area contributed by atoms with E-state index in [0.717, 1.165) is 42.4 Å². The van der Waals surface area contributed by atoms with E-state index in [1.54, 1.807) is 6.20 Å². The van der Waals surface area contributed by atoms with Crippen LogP contribution in [0, 0.1) is 0 Å². The number of piperidine rings is 1. The van der Waals surface area contributed by atoms with E-state index < -0.39 is 0 Å². The number of amides is 1. The summed E-state index contributed by atoms with van der Waals surface area (Å²) in [5, 5.41) is 0.940. The molecule has 0 unspecified atom stereocenters. The topological polar surface area (TPSA) is 33.2 Å². The Hall–Kier alpha value is -2.68. The molecule has 120 valence electrons. The summed E-state index contributed by atoms with van der Waals surface area (Å²) in [6.45, 7) is 1.63. The lowest BCUT2D eigenvalue weighted by Gasteiger charge is -2.32. The molecule has 3 aromatic rings. The van der Waals surface area contributed by atoms with E-state index in [1.165, 1.54) is 5.56 Å². The summed E-state index contributed by atoms with van der Waals surface area (Å²) in [5.74, 6) is 0.685. The third-order valence-electron chi connectivity index (χ3n) is 4.93. The maximum absolute atomic E-state index is 13.0. The summed E-state index contributed by atoms with van der Waals surface area (Å²) in [6, 6.07) is 20.3. The molecule has 2 heterocycles. The molecule has 1 aromatic heterocycles. The fourth-order valence-electron chi connectivity index (χ4n) is 3.59. The van der Waals surface area contributed by atoms with Crippen molar-refractivity contribution in [1.82, 2.24) is 9.88 Å². The molecule has 0 N–H and O–H groups in total. The van der Waals surface area contributed by atoms with Crippen LogP contribution >= 0.6 is 0 Å². The van der Waals surface area contributed by atoms with Gasteiger partial charge in [-0.05, 0) is 36.5 Å². The van der Waals surface area contributed by atoms with Gasteiger partial charge in [-0.3, -0.25) is 9.78 Å². The molecule has 0 radical (unpaired) electrons. The number of aromatic nitrogens is 1. The van der Waals surface area contributed by atoms with E-state index in [2.05, 4.69) is 35.3 Å². The van der Waals surface area contributed by atoms with Crippen LogP contribution in [0.5, 0.6) is 0 Å².